The molecule has 0 spiro atoms. The predicted molar refractivity (Wildman–Crippen MR) is 61.5 cm³/mol. The van der Waals surface area contributed by atoms with Gasteiger partial charge in [0, 0.05) is 18.9 Å². The second-order valence-electron chi connectivity index (χ2n) is 4.46. The van der Waals surface area contributed by atoms with E-state index in [0.29, 0.717) is 31.1 Å². The highest BCUT2D eigenvalue weighted by Crippen LogP contribution is 2.43. The summed E-state index contributed by atoms with van der Waals surface area (Å²) in [5, 5.41) is 0. The molecule has 0 saturated carbocycles. The standard InChI is InChI=1S/C13H14FNO2/c1-9-15-13(6-7-16-12(13)8-17-9)10-4-2-3-5-11(10)14/h2-5,12H,6-8H2,1H3/t12-,13+/m0/s1. The molecule has 0 radical (unpaired) electrons. The predicted octanol–water partition coefficient (Wildman–Crippen LogP) is 2.26. The van der Waals surface area contributed by atoms with Crippen LogP contribution in [0.5, 0.6) is 0 Å². The first-order valence-electron chi connectivity index (χ1n) is 5.78. The van der Waals surface area contributed by atoms with Gasteiger partial charge in [0.15, 0.2) is 5.90 Å². The van der Waals surface area contributed by atoms with E-state index < -0.39 is 5.54 Å². The first kappa shape index (κ1) is 10.7. The normalized spacial score (nSPS) is 31.6. The summed E-state index contributed by atoms with van der Waals surface area (Å²) in [5.41, 5.74) is 0.0263. The molecule has 0 N–H and O–H groups in total. The molecule has 0 aromatic heterocycles. The van der Waals surface area contributed by atoms with Crippen LogP contribution in [0.25, 0.3) is 0 Å². The van der Waals surface area contributed by atoms with E-state index in [1.165, 1.54) is 6.07 Å². The Balaban J connectivity index is 2.15. The number of fused-ring (bicyclic) bond motifs is 1. The molecule has 1 aromatic carbocycles. The number of hydrogen-bond acceptors (Lipinski definition) is 3. The maximum Gasteiger partial charge on any atom is 0.181 e. The molecule has 2 aliphatic rings. The Labute approximate surface area is 99.3 Å². The van der Waals surface area contributed by atoms with Gasteiger partial charge >= 0.3 is 0 Å². The molecular weight excluding hydrogens is 221 g/mol. The van der Waals surface area contributed by atoms with Crippen LogP contribution in [0.2, 0.25) is 0 Å². The Kier molecular flexibility index (Phi) is 2.40. The molecule has 2 heterocycles. The molecule has 1 aromatic rings. The topological polar surface area (TPSA) is 30.8 Å². The van der Waals surface area contributed by atoms with Crippen LogP contribution in [0.4, 0.5) is 4.39 Å². The van der Waals surface area contributed by atoms with Gasteiger partial charge in [0.1, 0.15) is 24.1 Å². The molecule has 17 heavy (non-hydrogen) atoms. The maximum atomic E-state index is 14.0. The second-order valence-corrected chi connectivity index (χ2v) is 4.46. The van der Waals surface area contributed by atoms with Gasteiger partial charge in [-0.1, -0.05) is 18.2 Å². The van der Waals surface area contributed by atoms with Crippen molar-refractivity contribution in [2.24, 2.45) is 4.99 Å². The molecule has 3 nitrogen and oxygen atoms in total. The monoisotopic (exact) mass is 235 g/mol. The van der Waals surface area contributed by atoms with E-state index in [4.69, 9.17) is 9.47 Å². The Morgan fingerprint density at radius 3 is 3.06 bits per heavy atom. The lowest BCUT2D eigenvalue weighted by Crippen LogP contribution is -2.42. The van der Waals surface area contributed by atoms with Gasteiger partial charge in [-0.3, -0.25) is 0 Å². The minimum absolute atomic E-state index is 0.178. The molecule has 0 amide bonds. The Hall–Kier alpha value is -1.42. The highest BCUT2D eigenvalue weighted by molar-refractivity contribution is 5.75. The van der Waals surface area contributed by atoms with E-state index in [1.54, 1.807) is 19.1 Å². The Morgan fingerprint density at radius 1 is 1.41 bits per heavy atom. The third-order valence-electron chi connectivity index (χ3n) is 3.48. The van der Waals surface area contributed by atoms with E-state index in [9.17, 15) is 4.39 Å². The van der Waals surface area contributed by atoms with Gasteiger partial charge in [0.05, 0.1) is 6.61 Å². The average Bonchev–Trinajstić information content (AvgIpc) is 2.73. The first-order valence-corrected chi connectivity index (χ1v) is 5.78. The smallest absolute Gasteiger partial charge is 0.181 e. The fourth-order valence-electron chi connectivity index (χ4n) is 2.66. The molecule has 1 fully saturated rings. The third-order valence-corrected chi connectivity index (χ3v) is 3.48. The SMILES string of the molecule is CC1=N[C@@]2(c3ccccc3F)CCO[C@H]2CO1. The van der Waals surface area contributed by atoms with Crippen LogP contribution in [-0.4, -0.2) is 25.2 Å². The van der Waals surface area contributed by atoms with Gasteiger partial charge in [0.25, 0.3) is 0 Å². The maximum absolute atomic E-state index is 14.0. The van der Waals surface area contributed by atoms with Crippen molar-refractivity contribution in [3.63, 3.8) is 0 Å². The first-order chi connectivity index (χ1) is 8.22. The average molecular weight is 235 g/mol. The number of rotatable bonds is 1. The molecule has 3 rings (SSSR count). The summed E-state index contributed by atoms with van der Waals surface area (Å²) < 4.78 is 25.0. The van der Waals surface area contributed by atoms with Gasteiger partial charge in [-0.25, -0.2) is 9.38 Å². The second kappa shape index (κ2) is 3.81. The minimum atomic E-state index is -0.590. The molecule has 0 unspecified atom stereocenters. The number of hydrogen-bond donors (Lipinski definition) is 0. The summed E-state index contributed by atoms with van der Waals surface area (Å²) in [7, 11) is 0. The van der Waals surface area contributed by atoms with Gasteiger partial charge < -0.3 is 9.47 Å². The summed E-state index contributed by atoms with van der Waals surface area (Å²) in [5.74, 6) is 0.386. The van der Waals surface area contributed by atoms with E-state index in [1.807, 2.05) is 6.07 Å². The van der Waals surface area contributed by atoms with Gasteiger partial charge in [0.2, 0.25) is 0 Å². The van der Waals surface area contributed by atoms with Crippen molar-refractivity contribution >= 4 is 5.90 Å². The fraction of sp³-hybridized carbons (Fsp3) is 0.462. The van der Waals surface area contributed by atoms with E-state index in [0.717, 1.165) is 0 Å². The molecule has 2 atom stereocenters. The number of ether oxygens (including phenoxy) is 2. The van der Waals surface area contributed by atoms with E-state index in [2.05, 4.69) is 4.99 Å². The van der Waals surface area contributed by atoms with Crippen LogP contribution in [-0.2, 0) is 15.0 Å². The van der Waals surface area contributed by atoms with Crippen LogP contribution in [0.15, 0.2) is 29.3 Å². The number of benzene rings is 1. The largest absolute Gasteiger partial charge is 0.478 e. The van der Waals surface area contributed by atoms with Crippen molar-refractivity contribution in [3.8, 4) is 0 Å². The van der Waals surface area contributed by atoms with Crippen LogP contribution in [0.3, 0.4) is 0 Å². The molecule has 1 saturated heterocycles. The molecule has 0 bridgehead atoms. The molecule has 4 heteroatoms. The zero-order valence-electron chi connectivity index (χ0n) is 9.65. The van der Waals surface area contributed by atoms with Crippen molar-refractivity contribution in [2.45, 2.75) is 25.0 Å². The minimum Gasteiger partial charge on any atom is -0.478 e. The fourth-order valence-corrected chi connectivity index (χ4v) is 2.66. The summed E-state index contributed by atoms with van der Waals surface area (Å²) >= 11 is 0. The lowest BCUT2D eigenvalue weighted by atomic mass is 9.83. The molecule has 2 aliphatic heterocycles. The van der Waals surface area contributed by atoms with Crippen molar-refractivity contribution in [1.82, 2.24) is 0 Å². The summed E-state index contributed by atoms with van der Waals surface area (Å²) in [4.78, 5) is 4.54. The van der Waals surface area contributed by atoms with Gasteiger partial charge in [-0.05, 0) is 6.07 Å². The lowest BCUT2D eigenvalue weighted by Gasteiger charge is -2.34. The van der Waals surface area contributed by atoms with Crippen molar-refractivity contribution < 1.29 is 13.9 Å². The highest BCUT2D eigenvalue weighted by atomic mass is 19.1. The number of halogens is 1. The van der Waals surface area contributed by atoms with Gasteiger partial charge in [-0.2, -0.15) is 0 Å². The number of nitrogens with zero attached hydrogens (tertiary/aromatic N) is 1. The summed E-state index contributed by atoms with van der Waals surface area (Å²) in [6.07, 6.45) is 0.530. The Morgan fingerprint density at radius 2 is 2.24 bits per heavy atom. The summed E-state index contributed by atoms with van der Waals surface area (Å²) in [6.45, 7) is 2.85. The highest BCUT2D eigenvalue weighted by Gasteiger charge is 2.49. The van der Waals surface area contributed by atoms with Crippen LogP contribution in [0, 0.1) is 5.82 Å². The van der Waals surface area contributed by atoms with Crippen LogP contribution < -0.4 is 0 Å². The van der Waals surface area contributed by atoms with Crippen LogP contribution in [0.1, 0.15) is 18.9 Å². The summed E-state index contributed by atoms with van der Waals surface area (Å²) in [6, 6.07) is 6.79. The van der Waals surface area contributed by atoms with E-state index in [-0.39, 0.29) is 11.9 Å². The quantitative estimate of drug-likeness (QED) is 0.747. The lowest BCUT2D eigenvalue weighted by molar-refractivity contribution is 0.0213. The van der Waals surface area contributed by atoms with Crippen molar-refractivity contribution in [2.75, 3.05) is 13.2 Å². The van der Waals surface area contributed by atoms with Crippen molar-refractivity contribution in [1.29, 1.82) is 0 Å². The molecule has 90 valence electrons. The molecule has 0 aliphatic carbocycles. The zero-order chi connectivity index (χ0) is 11.9. The van der Waals surface area contributed by atoms with Gasteiger partial charge in [-0.15, -0.1) is 0 Å². The molecular formula is C13H14FNO2. The number of aliphatic imine (C=N–C) groups is 1. The third kappa shape index (κ3) is 1.55. The van der Waals surface area contributed by atoms with Crippen molar-refractivity contribution in [3.05, 3.63) is 35.6 Å². The van der Waals surface area contributed by atoms with E-state index >= 15 is 0 Å². The van der Waals surface area contributed by atoms with Crippen LogP contribution >= 0.6 is 0 Å². The zero-order valence-corrected chi connectivity index (χ0v) is 9.65. The Bertz CT molecular complexity index is 474.